The summed E-state index contributed by atoms with van der Waals surface area (Å²) in [5.41, 5.74) is 4.03. The molecule has 0 saturated carbocycles. The smallest absolute Gasteiger partial charge is 0.0376 e. The van der Waals surface area contributed by atoms with E-state index in [9.17, 15) is 0 Å². The van der Waals surface area contributed by atoms with Gasteiger partial charge in [-0.3, -0.25) is 0 Å². The fourth-order valence-corrected chi connectivity index (χ4v) is 1.23. The van der Waals surface area contributed by atoms with Crippen LogP contribution >= 0.6 is 9.24 Å². The summed E-state index contributed by atoms with van der Waals surface area (Å²) in [5, 5.41) is 0. The third-order valence-electron chi connectivity index (χ3n) is 1.74. The van der Waals surface area contributed by atoms with Crippen LogP contribution in [0.5, 0.6) is 0 Å². The summed E-state index contributed by atoms with van der Waals surface area (Å²) in [4.78, 5) is 0. The molecule has 1 atom stereocenters. The van der Waals surface area contributed by atoms with Crippen LogP contribution in [0.15, 0.2) is 6.20 Å². The van der Waals surface area contributed by atoms with Gasteiger partial charge in [0.15, 0.2) is 0 Å². The van der Waals surface area contributed by atoms with E-state index in [-0.39, 0.29) is 0 Å². The van der Waals surface area contributed by atoms with Gasteiger partial charge in [-0.15, -0.1) is 0 Å². The molecule has 1 nitrogen and oxygen atoms in total. The largest absolute Gasteiger partial charge is 0.351 e. The van der Waals surface area contributed by atoms with Crippen LogP contribution in [0.4, 0.5) is 0 Å². The highest BCUT2D eigenvalue weighted by Gasteiger charge is 1.99. The lowest BCUT2D eigenvalue weighted by atomic mass is 10.2. The van der Waals surface area contributed by atoms with Crippen molar-refractivity contribution in [1.29, 1.82) is 0 Å². The minimum atomic E-state index is 1.28. The molecule has 0 aliphatic carbocycles. The first-order chi connectivity index (χ1) is 5.13. The maximum atomic E-state index is 2.73. The first-order valence-electron chi connectivity index (χ1n) is 4.01. The highest BCUT2D eigenvalue weighted by molar-refractivity contribution is 7.27. The number of nitrogens with zero attached hydrogens (tertiary/aromatic N) is 1. The normalized spacial score (nSPS) is 8.91. The summed E-state index contributed by atoms with van der Waals surface area (Å²) in [6, 6.07) is 0. The highest BCUT2D eigenvalue weighted by atomic mass is 31.0. The van der Waals surface area contributed by atoms with Gasteiger partial charge in [0, 0.05) is 18.7 Å². The maximum Gasteiger partial charge on any atom is 0.0376 e. The summed E-state index contributed by atoms with van der Waals surface area (Å²) in [6.07, 6.45) is 2.14. The van der Waals surface area contributed by atoms with Gasteiger partial charge in [-0.05, 0) is 25.0 Å². The zero-order valence-electron chi connectivity index (χ0n) is 8.10. The molecule has 0 aromatic carbocycles. The second-order valence-corrected chi connectivity index (χ2v) is 2.98. The molecule has 0 bridgehead atoms. The van der Waals surface area contributed by atoms with Crippen molar-refractivity contribution in [2.24, 2.45) is 7.05 Å². The van der Waals surface area contributed by atoms with Crippen LogP contribution in [0.2, 0.25) is 0 Å². The van der Waals surface area contributed by atoms with Crippen LogP contribution in [0, 0.1) is 13.8 Å². The Morgan fingerprint density at radius 1 is 1.27 bits per heavy atom. The van der Waals surface area contributed by atoms with Gasteiger partial charge in [0.25, 0.3) is 0 Å². The fraction of sp³-hybridized carbons (Fsp3) is 0.556. The lowest BCUT2D eigenvalue weighted by Crippen LogP contribution is -2.04. The van der Waals surface area contributed by atoms with Crippen LogP contribution < -0.4 is 5.44 Å². The van der Waals surface area contributed by atoms with E-state index in [2.05, 4.69) is 40.9 Å². The van der Waals surface area contributed by atoms with E-state index in [4.69, 9.17) is 0 Å². The molecule has 0 N–H and O–H groups in total. The van der Waals surface area contributed by atoms with Gasteiger partial charge in [0.05, 0.1) is 0 Å². The highest BCUT2D eigenvalue weighted by Crippen LogP contribution is 2.06. The molecule has 11 heavy (non-hydrogen) atoms. The summed E-state index contributed by atoms with van der Waals surface area (Å²) < 4.78 is 2.12. The topological polar surface area (TPSA) is 4.93 Å². The SMILES string of the molecule is CC.Cc1cn(C)c(P)c1C. The van der Waals surface area contributed by atoms with Gasteiger partial charge in [0.1, 0.15) is 0 Å². The Hall–Kier alpha value is -0.290. The molecule has 0 amide bonds. The average molecular weight is 171 g/mol. The summed E-state index contributed by atoms with van der Waals surface area (Å²) in [5.74, 6) is 0. The average Bonchev–Trinajstić information content (AvgIpc) is 2.22. The minimum Gasteiger partial charge on any atom is -0.351 e. The van der Waals surface area contributed by atoms with Crippen LogP contribution in [0.25, 0.3) is 0 Å². The lowest BCUT2D eigenvalue weighted by molar-refractivity contribution is 0.956. The Kier molecular flexibility index (Phi) is 4.44. The van der Waals surface area contributed by atoms with Gasteiger partial charge >= 0.3 is 0 Å². The molecule has 0 fully saturated rings. The first-order valence-corrected chi connectivity index (χ1v) is 4.58. The number of aryl methyl sites for hydroxylation is 2. The lowest BCUT2D eigenvalue weighted by Gasteiger charge is -1.93. The molecule has 0 aliphatic heterocycles. The molecule has 1 aromatic rings. The van der Waals surface area contributed by atoms with Crippen molar-refractivity contribution in [2.45, 2.75) is 27.7 Å². The predicted octanol–water partition coefficient (Wildman–Crippen LogP) is 2.17. The molecule has 2 heteroatoms. The van der Waals surface area contributed by atoms with Gasteiger partial charge in [-0.2, -0.15) is 0 Å². The number of hydrogen-bond donors (Lipinski definition) is 0. The molecule has 0 spiro atoms. The molecule has 0 aliphatic rings. The van der Waals surface area contributed by atoms with Crippen molar-refractivity contribution in [3.8, 4) is 0 Å². The fourth-order valence-electron chi connectivity index (χ4n) is 0.923. The second kappa shape index (κ2) is 4.56. The van der Waals surface area contributed by atoms with E-state index in [0.29, 0.717) is 0 Å². The minimum absolute atomic E-state index is 1.28. The van der Waals surface area contributed by atoms with E-state index in [1.54, 1.807) is 0 Å². The van der Waals surface area contributed by atoms with Gasteiger partial charge < -0.3 is 4.57 Å². The van der Waals surface area contributed by atoms with E-state index < -0.39 is 0 Å². The van der Waals surface area contributed by atoms with E-state index in [1.165, 1.54) is 16.6 Å². The Balaban J connectivity index is 0.000000461. The Labute approximate surface area is 72.0 Å². The third-order valence-corrected chi connectivity index (χ3v) is 2.58. The first kappa shape index (κ1) is 10.7. The third kappa shape index (κ3) is 2.34. The van der Waals surface area contributed by atoms with E-state index in [1.807, 2.05) is 13.8 Å². The van der Waals surface area contributed by atoms with Crippen molar-refractivity contribution < 1.29 is 0 Å². The number of aromatic nitrogens is 1. The maximum absolute atomic E-state index is 2.73. The summed E-state index contributed by atoms with van der Waals surface area (Å²) >= 11 is 0. The molecule has 1 heterocycles. The molecule has 1 unspecified atom stereocenters. The van der Waals surface area contributed by atoms with E-state index in [0.717, 1.165) is 0 Å². The van der Waals surface area contributed by atoms with Crippen LogP contribution in [0.1, 0.15) is 25.0 Å². The standard InChI is InChI=1S/C7H12NP.C2H6/c1-5-4-8(3)7(9)6(5)2;1-2/h4H,9H2,1-3H3;1-2H3. The molecule has 0 radical (unpaired) electrons. The van der Waals surface area contributed by atoms with Crippen LogP contribution in [-0.4, -0.2) is 4.57 Å². The molecular weight excluding hydrogens is 153 g/mol. The van der Waals surface area contributed by atoms with Gasteiger partial charge in [0.2, 0.25) is 0 Å². The van der Waals surface area contributed by atoms with Crippen molar-refractivity contribution in [1.82, 2.24) is 4.57 Å². The van der Waals surface area contributed by atoms with Crippen LogP contribution in [-0.2, 0) is 7.05 Å². The van der Waals surface area contributed by atoms with E-state index >= 15 is 0 Å². The zero-order valence-corrected chi connectivity index (χ0v) is 9.26. The Morgan fingerprint density at radius 2 is 1.73 bits per heavy atom. The van der Waals surface area contributed by atoms with Gasteiger partial charge in [-0.25, -0.2) is 0 Å². The van der Waals surface area contributed by atoms with Crippen molar-refractivity contribution in [3.63, 3.8) is 0 Å². The molecule has 1 rings (SSSR count). The number of rotatable bonds is 0. The van der Waals surface area contributed by atoms with Crippen molar-refractivity contribution in [2.75, 3.05) is 0 Å². The van der Waals surface area contributed by atoms with Crippen LogP contribution in [0.3, 0.4) is 0 Å². The monoisotopic (exact) mass is 171 g/mol. The quantitative estimate of drug-likeness (QED) is 0.527. The Bertz CT molecular complexity index is 203. The number of hydrogen-bond acceptors (Lipinski definition) is 0. The predicted molar refractivity (Wildman–Crippen MR) is 55.6 cm³/mol. The van der Waals surface area contributed by atoms with Crippen molar-refractivity contribution in [3.05, 3.63) is 17.3 Å². The van der Waals surface area contributed by atoms with Crippen molar-refractivity contribution >= 4 is 14.7 Å². The molecule has 64 valence electrons. The molecular formula is C9H18NP. The molecule has 1 aromatic heterocycles. The summed E-state index contributed by atoms with van der Waals surface area (Å²) in [7, 11) is 4.79. The van der Waals surface area contributed by atoms with Gasteiger partial charge in [-0.1, -0.05) is 23.1 Å². The molecule has 0 saturated heterocycles. The second-order valence-electron chi connectivity index (χ2n) is 2.43. The summed E-state index contributed by atoms with van der Waals surface area (Å²) in [6.45, 7) is 8.26. The zero-order chi connectivity index (χ0) is 9.02. The Morgan fingerprint density at radius 3 is 1.82 bits per heavy atom.